The number of piperidine rings is 1. The van der Waals surface area contributed by atoms with Gasteiger partial charge in [0.25, 0.3) is 5.91 Å². The smallest absolute Gasteiger partial charge is 0.255 e. The third-order valence-electron chi connectivity index (χ3n) is 5.30. The number of Topliss-reactive ketones (excluding diaryl/α,β-unsaturated/α-hetero) is 1. The summed E-state index contributed by atoms with van der Waals surface area (Å²) in [6.45, 7) is 6.03. The second-order valence-electron chi connectivity index (χ2n) is 8.28. The number of aromatic nitrogens is 2. The lowest BCUT2D eigenvalue weighted by Crippen LogP contribution is -2.42. The number of nitrogens with zero attached hydrogens (tertiary/aromatic N) is 4. The Kier molecular flexibility index (Phi) is 6.96. The molecule has 3 rings (SSSR count). The minimum Gasteiger partial charge on any atom is -0.355 e. The summed E-state index contributed by atoms with van der Waals surface area (Å²) in [5, 5.41) is 0. The number of hydrogen-bond donors (Lipinski definition) is 0. The highest BCUT2D eigenvalue weighted by molar-refractivity contribution is 5.94. The molecule has 0 N–H and O–H groups in total. The van der Waals surface area contributed by atoms with Gasteiger partial charge in [-0.2, -0.15) is 0 Å². The van der Waals surface area contributed by atoms with Gasteiger partial charge >= 0.3 is 0 Å². The monoisotopic (exact) mass is 394 g/mol. The quantitative estimate of drug-likeness (QED) is 0.718. The predicted molar refractivity (Wildman–Crippen MR) is 114 cm³/mol. The molecule has 1 atom stereocenters. The third kappa shape index (κ3) is 5.62. The standard InChI is InChI=1S/C23H30N4O2/c1-17(2)12-21(28)20-7-5-11-27(16-20)23(29)19-8-9-22(25-14-19)26(3)15-18-6-4-10-24-13-18/h4,6,8-10,13-14,17,20H,5,7,11-12,15-16H2,1-3H3. The largest absolute Gasteiger partial charge is 0.355 e. The average molecular weight is 395 g/mol. The molecule has 2 aromatic heterocycles. The SMILES string of the molecule is CC(C)CC(=O)C1CCCN(C(=O)c2ccc(N(C)Cc3cccnc3)nc2)C1. The van der Waals surface area contributed by atoms with E-state index in [2.05, 4.69) is 23.8 Å². The van der Waals surface area contributed by atoms with Crippen LogP contribution in [0.1, 0.15) is 49.0 Å². The van der Waals surface area contributed by atoms with Gasteiger partial charge in [-0.05, 0) is 42.5 Å². The van der Waals surface area contributed by atoms with Gasteiger partial charge in [0, 0.05) is 57.6 Å². The number of likely N-dealkylation sites (tertiary alicyclic amines) is 1. The Balaban J connectivity index is 1.61. The maximum atomic E-state index is 12.9. The summed E-state index contributed by atoms with van der Waals surface area (Å²) < 4.78 is 0. The number of amides is 1. The van der Waals surface area contributed by atoms with Gasteiger partial charge in [-0.15, -0.1) is 0 Å². The number of rotatable bonds is 7. The van der Waals surface area contributed by atoms with E-state index in [0.717, 1.165) is 24.2 Å². The van der Waals surface area contributed by atoms with Crippen LogP contribution in [0.3, 0.4) is 0 Å². The second kappa shape index (κ2) is 9.63. The molecule has 1 aliphatic heterocycles. The van der Waals surface area contributed by atoms with Crippen molar-refractivity contribution >= 4 is 17.5 Å². The maximum absolute atomic E-state index is 12.9. The lowest BCUT2D eigenvalue weighted by Gasteiger charge is -2.32. The highest BCUT2D eigenvalue weighted by atomic mass is 16.2. The van der Waals surface area contributed by atoms with E-state index in [-0.39, 0.29) is 17.6 Å². The predicted octanol–water partition coefficient (Wildman–Crippen LogP) is 3.58. The fraction of sp³-hybridized carbons (Fsp3) is 0.478. The van der Waals surface area contributed by atoms with Crippen molar-refractivity contribution in [1.29, 1.82) is 0 Å². The Morgan fingerprint density at radius 1 is 1.24 bits per heavy atom. The zero-order chi connectivity index (χ0) is 20.8. The molecule has 6 nitrogen and oxygen atoms in total. The molecule has 3 heterocycles. The number of hydrogen-bond acceptors (Lipinski definition) is 5. The van der Waals surface area contributed by atoms with E-state index in [1.807, 2.05) is 47.3 Å². The van der Waals surface area contributed by atoms with Crippen LogP contribution in [-0.4, -0.2) is 46.7 Å². The number of anilines is 1. The normalized spacial score (nSPS) is 16.7. The summed E-state index contributed by atoms with van der Waals surface area (Å²) in [6, 6.07) is 7.63. The van der Waals surface area contributed by atoms with Gasteiger partial charge in [0.05, 0.1) is 5.56 Å². The van der Waals surface area contributed by atoms with Crippen molar-refractivity contribution in [2.45, 2.75) is 39.7 Å². The fourth-order valence-corrected chi connectivity index (χ4v) is 3.76. The van der Waals surface area contributed by atoms with E-state index < -0.39 is 0 Å². The molecule has 1 unspecified atom stereocenters. The Morgan fingerprint density at radius 3 is 2.72 bits per heavy atom. The van der Waals surface area contributed by atoms with Crippen LogP contribution in [0.15, 0.2) is 42.9 Å². The van der Waals surface area contributed by atoms with Crippen LogP contribution in [-0.2, 0) is 11.3 Å². The molecule has 154 valence electrons. The molecule has 0 aliphatic carbocycles. The number of carbonyl (C=O) groups is 2. The fourth-order valence-electron chi connectivity index (χ4n) is 3.76. The number of carbonyl (C=O) groups excluding carboxylic acids is 2. The molecule has 29 heavy (non-hydrogen) atoms. The summed E-state index contributed by atoms with van der Waals surface area (Å²) in [7, 11) is 1.96. The van der Waals surface area contributed by atoms with Gasteiger partial charge in [-0.25, -0.2) is 4.98 Å². The van der Waals surface area contributed by atoms with E-state index in [1.165, 1.54) is 0 Å². The zero-order valence-corrected chi connectivity index (χ0v) is 17.5. The van der Waals surface area contributed by atoms with E-state index in [4.69, 9.17) is 0 Å². The minimum atomic E-state index is -0.0407. The number of pyridine rings is 2. The van der Waals surface area contributed by atoms with Crippen molar-refractivity contribution < 1.29 is 9.59 Å². The molecule has 0 radical (unpaired) electrons. The molecule has 0 spiro atoms. The third-order valence-corrected chi connectivity index (χ3v) is 5.30. The van der Waals surface area contributed by atoms with E-state index in [0.29, 0.717) is 37.5 Å². The Labute approximate surface area is 173 Å². The van der Waals surface area contributed by atoms with Crippen LogP contribution in [0.5, 0.6) is 0 Å². The first-order chi connectivity index (χ1) is 13.9. The molecule has 1 fully saturated rings. The van der Waals surface area contributed by atoms with Crippen LogP contribution in [0.25, 0.3) is 0 Å². The Bertz CT molecular complexity index is 821. The molecule has 0 bridgehead atoms. The highest BCUT2D eigenvalue weighted by Gasteiger charge is 2.29. The van der Waals surface area contributed by atoms with Crippen molar-refractivity contribution in [3.8, 4) is 0 Å². The first kappa shape index (κ1) is 21.0. The molecule has 2 aromatic rings. The van der Waals surface area contributed by atoms with Crippen molar-refractivity contribution in [3.63, 3.8) is 0 Å². The lowest BCUT2D eigenvalue weighted by molar-refractivity contribution is -0.124. The first-order valence-electron chi connectivity index (χ1n) is 10.3. The van der Waals surface area contributed by atoms with Crippen molar-refractivity contribution in [2.75, 3.05) is 25.0 Å². The zero-order valence-electron chi connectivity index (χ0n) is 17.5. The van der Waals surface area contributed by atoms with Crippen molar-refractivity contribution in [3.05, 3.63) is 54.0 Å². The molecular weight excluding hydrogens is 364 g/mol. The molecule has 0 aromatic carbocycles. The van der Waals surface area contributed by atoms with Gasteiger partial charge in [0.15, 0.2) is 0 Å². The minimum absolute atomic E-state index is 0.0343. The molecular formula is C23H30N4O2. The van der Waals surface area contributed by atoms with Crippen LogP contribution < -0.4 is 4.90 Å². The van der Waals surface area contributed by atoms with Crippen LogP contribution in [0.4, 0.5) is 5.82 Å². The molecule has 0 saturated carbocycles. The van der Waals surface area contributed by atoms with Gasteiger partial charge < -0.3 is 9.80 Å². The van der Waals surface area contributed by atoms with Crippen LogP contribution in [0, 0.1) is 11.8 Å². The number of ketones is 1. The van der Waals surface area contributed by atoms with E-state index in [9.17, 15) is 9.59 Å². The maximum Gasteiger partial charge on any atom is 0.255 e. The molecule has 1 amide bonds. The summed E-state index contributed by atoms with van der Waals surface area (Å²) in [5.74, 6) is 1.36. The van der Waals surface area contributed by atoms with Gasteiger partial charge in [0.2, 0.25) is 0 Å². The molecule has 1 saturated heterocycles. The Morgan fingerprint density at radius 2 is 2.07 bits per heavy atom. The van der Waals surface area contributed by atoms with Crippen molar-refractivity contribution in [2.24, 2.45) is 11.8 Å². The summed E-state index contributed by atoms with van der Waals surface area (Å²) in [4.78, 5) is 37.8. The first-order valence-corrected chi connectivity index (χ1v) is 10.3. The van der Waals surface area contributed by atoms with Gasteiger partial charge in [-0.1, -0.05) is 19.9 Å². The highest BCUT2D eigenvalue weighted by Crippen LogP contribution is 2.22. The van der Waals surface area contributed by atoms with Gasteiger partial charge in [-0.3, -0.25) is 14.6 Å². The second-order valence-corrected chi connectivity index (χ2v) is 8.28. The van der Waals surface area contributed by atoms with Gasteiger partial charge in [0.1, 0.15) is 11.6 Å². The average Bonchev–Trinajstić information content (AvgIpc) is 2.73. The van der Waals surface area contributed by atoms with E-state index in [1.54, 1.807) is 12.4 Å². The van der Waals surface area contributed by atoms with Crippen LogP contribution >= 0.6 is 0 Å². The Hall–Kier alpha value is -2.76. The van der Waals surface area contributed by atoms with Crippen LogP contribution in [0.2, 0.25) is 0 Å². The van der Waals surface area contributed by atoms with E-state index >= 15 is 0 Å². The topological polar surface area (TPSA) is 66.4 Å². The summed E-state index contributed by atoms with van der Waals surface area (Å²) in [5.41, 5.74) is 1.67. The summed E-state index contributed by atoms with van der Waals surface area (Å²) in [6.07, 6.45) is 7.57. The molecule has 6 heteroatoms. The van der Waals surface area contributed by atoms with Crippen molar-refractivity contribution in [1.82, 2.24) is 14.9 Å². The lowest BCUT2D eigenvalue weighted by atomic mass is 9.89. The molecule has 1 aliphatic rings. The summed E-state index contributed by atoms with van der Waals surface area (Å²) >= 11 is 0.